The number of rotatable bonds is 7. The Morgan fingerprint density at radius 3 is 2.25 bits per heavy atom. The molecule has 0 aliphatic carbocycles. The number of hydrogen-bond acceptors (Lipinski definition) is 3. The van der Waals surface area contributed by atoms with Crippen LogP contribution in [0.1, 0.15) is 39.2 Å². The monoisotopic (exact) mass is 292 g/mol. The Kier molecular flexibility index (Phi) is 6.07. The Labute approximate surface area is 118 Å². The third-order valence-corrected chi connectivity index (χ3v) is 2.87. The summed E-state index contributed by atoms with van der Waals surface area (Å²) in [6.45, 7) is 7.36. The maximum absolute atomic E-state index is 12.5. The molecule has 0 amide bonds. The van der Waals surface area contributed by atoms with Gasteiger partial charge in [-0.25, -0.2) is 0 Å². The highest BCUT2D eigenvalue weighted by molar-refractivity contribution is 5.07. The topological polar surface area (TPSA) is 28.4 Å². The fraction of sp³-hybridized carbons (Fsp3) is 0.714. The first-order chi connectivity index (χ1) is 9.17. The van der Waals surface area contributed by atoms with Crippen LogP contribution >= 0.6 is 0 Å². The highest BCUT2D eigenvalue weighted by Gasteiger charge is 2.32. The van der Waals surface area contributed by atoms with E-state index in [1.165, 1.54) is 4.90 Å². The van der Waals surface area contributed by atoms with Gasteiger partial charge in [-0.3, -0.25) is 4.90 Å². The Bertz CT molecular complexity index is 399. The molecule has 0 saturated heterocycles. The van der Waals surface area contributed by atoms with Crippen LogP contribution in [0.5, 0.6) is 0 Å². The molecule has 0 bridgehead atoms. The van der Waals surface area contributed by atoms with Crippen LogP contribution in [0.3, 0.4) is 0 Å². The SMILES string of the molecule is CC(C)NCc1ccc(CN(CC(F)(F)F)C(C)C)o1. The van der Waals surface area contributed by atoms with Crippen molar-refractivity contribution in [3.8, 4) is 0 Å². The summed E-state index contributed by atoms with van der Waals surface area (Å²) in [6.07, 6.45) is -4.20. The molecule has 0 unspecified atom stereocenters. The number of hydrogen-bond donors (Lipinski definition) is 1. The van der Waals surface area contributed by atoms with E-state index < -0.39 is 12.7 Å². The predicted molar refractivity (Wildman–Crippen MR) is 72.3 cm³/mol. The first-order valence-corrected chi connectivity index (χ1v) is 6.79. The van der Waals surface area contributed by atoms with Gasteiger partial charge < -0.3 is 9.73 Å². The number of nitrogens with one attached hydrogen (secondary N) is 1. The van der Waals surface area contributed by atoms with Crippen LogP contribution in [0.4, 0.5) is 13.2 Å². The van der Waals surface area contributed by atoms with Crippen molar-refractivity contribution in [2.24, 2.45) is 0 Å². The molecule has 0 atom stereocenters. The van der Waals surface area contributed by atoms with Crippen molar-refractivity contribution >= 4 is 0 Å². The zero-order valence-corrected chi connectivity index (χ0v) is 12.4. The molecule has 116 valence electrons. The Morgan fingerprint density at radius 1 is 1.15 bits per heavy atom. The lowest BCUT2D eigenvalue weighted by Crippen LogP contribution is -2.38. The van der Waals surface area contributed by atoms with Gasteiger partial charge in [-0.1, -0.05) is 13.8 Å². The minimum absolute atomic E-state index is 0.166. The van der Waals surface area contributed by atoms with Crippen LogP contribution in [-0.4, -0.2) is 29.7 Å². The molecule has 0 aliphatic heterocycles. The number of alkyl halides is 3. The Hall–Kier alpha value is -1.01. The number of furan rings is 1. The minimum atomic E-state index is -4.20. The quantitative estimate of drug-likeness (QED) is 0.833. The molecule has 0 fully saturated rings. The molecule has 1 rings (SSSR count). The maximum atomic E-state index is 12.5. The summed E-state index contributed by atoms with van der Waals surface area (Å²) in [5.74, 6) is 1.30. The lowest BCUT2D eigenvalue weighted by molar-refractivity contribution is -0.151. The summed E-state index contributed by atoms with van der Waals surface area (Å²) in [5, 5.41) is 3.20. The molecular weight excluding hydrogens is 269 g/mol. The second-order valence-electron chi connectivity index (χ2n) is 5.52. The van der Waals surface area contributed by atoms with Crippen LogP contribution in [0.2, 0.25) is 0 Å². The van der Waals surface area contributed by atoms with Crippen molar-refractivity contribution in [3.05, 3.63) is 23.7 Å². The van der Waals surface area contributed by atoms with Gasteiger partial charge in [-0.05, 0) is 26.0 Å². The van der Waals surface area contributed by atoms with E-state index in [1.54, 1.807) is 26.0 Å². The fourth-order valence-corrected chi connectivity index (χ4v) is 1.76. The first-order valence-electron chi connectivity index (χ1n) is 6.79. The zero-order valence-electron chi connectivity index (χ0n) is 12.4. The third kappa shape index (κ3) is 6.43. The van der Waals surface area contributed by atoms with E-state index in [-0.39, 0.29) is 12.6 Å². The number of halogens is 3. The van der Waals surface area contributed by atoms with Gasteiger partial charge in [0.05, 0.1) is 19.6 Å². The molecule has 3 nitrogen and oxygen atoms in total. The minimum Gasteiger partial charge on any atom is -0.463 e. The Morgan fingerprint density at radius 2 is 1.75 bits per heavy atom. The number of nitrogens with zero attached hydrogens (tertiary/aromatic N) is 1. The molecule has 0 radical (unpaired) electrons. The average Bonchev–Trinajstić information content (AvgIpc) is 2.71. The van der Waals surface area contributed by atoms with Gasteiger partial charge in [0.1, 0.15) is 11.5 Å². The highest BCUT2D eigenvalue weighted by atomic mass is 19.4. The third-order valence-electron chi connectivity index (χ3n) is 2.87. The van der Waals surface area contributed by atoms with E-state index >= 15 is 0 Å². The summed E-state index contributed by atoms with van der Waals surface area (Å²) in [5.41, 5.74) is 0. The summed E-state index contributed by atoms with van der Waals surface area (Å²) in [6, 6.07) is 3.68. The standard InChI is InChI=1S/C14H23F3N2O/c1-10(2)18-7-12-5-6-13(20-12)8-19(11(3)4)9-14(15,16)17/h5-6,10-11,18H,7-9H2,1-4H3. The van der Waals surface area contributed by atoms with Crippen LogP contribution in [-0.2, 0) is 13.1 Å². The van der Waals surface area contributed by atoms with Crippen molar-refractivity contribution in [3.63, 3.8) is 0 Å². The molecule has 0 saturated carbocycles. The second-order valence-corrected chi connectivity index (χ2v) is 5.52. The van der Waals surface area contributed by atoms with Crippen LogP contribution in [0.15, 0.2) is 16.5 Å². The van der Waals surface area contributed by atoms with Crippen LogP contribution in [0.25, 0.3) is 0 Å². The van der Waals surface area contributed by atoms with Crippen LogP contribution in [0, 0.1) is 0 Å². The summed E-state index contributed by atoms with van der Waals surface area (Å²) < 4.78 is 43.1. The molecule has 1 heterocycles. The second kappa shape index (κ2) is 7.13. The van der Waals surface area contributed by atoms with Crippen molar-refractivity contribution in [2.75, 3.05) is 6.54 Å². The van der Waals surface area contributed by atoms with Gasteiger partial charge in [0.2, 0.25) is 0 Å². The average molecular weight is 292 g/mol. The molecule has 6 heteroatoms. The maximum Gasteiger partial charge on any atom is 0.401 e. The smallest absolute Gasteiger partial charge is 0.401 e. The van der Waals surface area contributed by atoms with Gasteiger partial charge in [0.25, 0.3) is 0 Å². The molecule has 0 spiro atoms. The Balaban J connectivity index is 2.60. The van der Waals surface area contributed by atoms with Crippen molar-refractivity contribution in [1.29, 1.82) is 0 Å². The van der Waals surface area contributed by atoms with Gasteiger partial charge in [-0.2, -0.15) is 13.2 Å². The zero-order chi connectivity index (χ0) is 15.3. The van der Waals surface area contributed by atoms with E-state index in [0.29, 0.717) is 18.3 Å². The normalized spacial score (nSPS) is 12.9. The highest BCUT2D eigenvalue weighted by Crippen LogP contribution is 2.20. The molecular formula is C14H23F3N2O. The van der Waals surface area contributed by atoms with Crippen molar-refractivity contribution < 1.29 is 17.6 Å². The molecule has 1 aromatic rings. The van der Waals surface area contributed by atoms with Gasteiger partial charge in [0, 0.05) is 12.1 Å². The van der Waals surface area contributed by atoms with Gasteiger partial charge >= 0.3 is 6.18 Å². The molecule has 1 N–H and O–H groups in total. The largest absolute Gasteiger partial charge is 0.463 e. The summed E-state index contributed by atoms with van der Waals surface area (Å²) >= 11 is 0. The molecule has 0 aromatic carbocycles. The molecule has 1 aromatic heterocycles. The van der Waals surface area contributed by atoms with Crippen molar-refractivity contribution in [2.45, 2.75) is 59.0 Å². The molecule has 0 aliphatic rings. The molecule has 20 heavy (non-hydrogen) atoms. The fourth-order valence-electron chi connectivity index (χ4n) is 1.76. The van der Waals surface area contributed by atoms with E-state index in [4.69, 9.17) is 4.42 Å². The van der Waals surface area contributed by atoms with E-state index in [2.05, 4.69) is 5.32 Å². The van der Waals surface area contributed by atoms with E-state index in [9.17, 15) is 13.2 Å². The predicted octanol–water partition coefficient (Wildman–Crippen LogP) is 3.55. The lowest BCUT2D eigenvalue weighted by Gasteiger charge is -2.26. The van der Waals surface area contributed by atoms with E-state index in [0.717, 1.165) is 5.76 Å². The van der Waals surface area contributed by atoms with Gasteiger partial charge in [-0.15, -0.1) is 0 Å². The first kappa shape index (κ1) is 17.0. The van der Waals surface area contributed by atoms with Gasteiger partial charge in [0.15, 0.2) is 0 Å². The van der Waals surface area contributed by atoms with Crippen molar-refractivity contribution in [1.82, 2.24) is 10.2 Å². The van der Waals surface area contributed by atoms with E-state index in [1.807, 2.05) is 13.8 Å². The lowest BCUT2D eigenvalue weighted by atomic mass is 10.3. The summed E-state index contributed by atoms with van der Waals surface area (Å²) in [4.78, 5) is 1.35. The van der Waals surface area contributed by atoms with Crippen LogP contribution < -0.4 is 5.32 Å². The summed E-state index contributed by atoms with van der Waals surface area (Å²) in [7, 11) is 0.